The molecule has 94 valence electrons. The molecule has 0 atom stereocenters. The second-order valence-corrected chi connectivity index (χ2v) is 4.71. The Morgan fingerprint density at radius 2 is 2.41 bits per heavy atom. The first-order valence-corrected chi connectivity index (χ1v) is 6.61. The van der Waals surface area contributed by atoms with Crippen LogP contribution >= 0.6 is 11.5 Å². The Kier molecular flexibility index (Phi) is 4.27. The molecule has 0 aliphatic carbocycles. The summed E-state index contributed by atoms with van der Waals surface area (Å²) in [4.78, 5) is 13.5. The van der Waals surface area contributed by atoms with Crippen molar-refractivity contribution in [2.45, 2.75) is 19.9 Å². The van der Waals surface area contributed by atoms with Crippen molar-refractivity contribution in [1.29, 1.82) is 0 Å². The molecule has 2 heterocycles. The fraction of sp³-hybridized carbons (Fsp3) is 0.700. The number of rotatable bonds is 4. The summed E-state index contributed by atoms with van der Waals surface area (Å²) in [7, 11) is 0. The first-order chi connectivity index (χ1) is 8.29. The Labute approximate surface area is 105 Å². The lowest BCUT2D eigenvalue weighted by Crippen LogP contribution is -2.28. The predicted octanol–water partition coefficient (Wildman–Crippen LogP) is 0.292. The number of nitrogens with one attached hydrogen (secondary N) is 2. The van der Waals surface area contributed by atoms with Crippen molar-refractivity contribution in [3.63, 3.8) is 0 Å². The van der Waals surface area contributed by atoms with Gasteiger partial charge in [-0.05, 0) is 6.92 Å². The smallest absolute Gasteiger partial charge is 0.221 e. The highest BCUT2D eigenvalue weighted by molar-refractivity contribution is 7.10. The van der Waals surface area contributed by atoms with Gasteiger partial charge in [0.1, 0.15) is 10.7 Å². The van der Waals surface area contributed by atoms with E-state index in [2.05, 4.69) is 32.0 Å². The molecule has 1 saturated heterocycles. The number of nitrogens with zero attached hydrogens (tertiary/aromatic N) is 3. The molecule has 1 aliphatic rings. The number of anilines is 1. The van der Waals surface area contributed by atoms with Gasteiger partial charge in [0.15, 0.2) is 0 Å². The summed E-state index contributed by atoms with van der Waals surface area (Å²) in [6.07, 6.45) is 0.564. The molecule has 0 aromatic carbocycles. The Bertz CT molecular complexity index is 381. The van der Waals surface area contributed by atoms with E-state index in [1.807, 2.05) is 0 Å². The molecule has 7 heteroatoms. The summed E-state index contributed by atoms with van der Waals surface area (Å²) in [5, 5.41) is 11.3. The van der Waals surface area contributed by atoms with Crippen molar-refractivity contribution in [2.24, 2.45) is 0 Å². The van der Waals surface area contributed by atoms with Crippen LogP contribution in [0.25, 0.3) is 0 Å². The molecule has 0 saturated carbocycles. The van der Waals surface area contributed by atoms with Crippen LogP contribution in [0.5, 0.6) is 0 Å². The van der Waals surface area contributed by atoms with Crippen molar-refractivity contribution in [3.8, 4) is 0 Å². The fourth-order valence-corrected chi connectivity index (χ4v) is 2.43. The van der Waals surface area contributed by atoms with Crippen LogP contribution in [0.3, 0.4) is 0 Å². The maximum Gasteiger partial charge on any atom is 0.221 e. The fourth-order valence-electron chi connectivity index (χ4n) is 1.79. The molecule has 1 amide bonds. The lowest BCUT2D eigenvalue weighted by Gasteiger charge is -2.17. The zero-order chi connectivity index (χ0) is 12.1. The third-order valence-electron chi connectivity index (χ3n) is 2.67. The van der Waals surface area contributed by atoms with Crippen LogP contribution in [0.15, 0.2) is 0 Å². The van der Waals surface area contributed by atoms with Gasteiger partial charge in [-0.1, -0.05) is 4.49 Å². The highest BCUT2D eigenvalue weighted by Gasteiger charge is 2.16. The standard InChI is InChI=1S/C10H17N5OS/c1-2-11-10-8(13-14-17-10)7-15-5-3-9(16)12-4-6-15/h11H,2-7H2,1H3,(H,12,16). The molecule has 0 spiro atoms. The summed E-state index contributed by atoms with van der Waals surface area (Å²) in [5.41, 5.74) is 0.978. The molecule has 1 fully saturated rings. The van der Waals surface area contributed by atoms with Crippen LogP contribution in [0.2, 0.25) is 0 Å². The van der Waals surface area contributed by atoms with Crippen molar-refractivity contribution in [1.82, 2.24) is 19.8 Å². The average Bonchev–Trinajstić information content (AvgIpc) is 2.63. The number of carbonyl (C=O) groups is 1. The molecular weight excluding hydrogens is 238 g/mol. The average molecular weight is 255 g/mol. The molecule has 6 nitrogen and oxygen atoms in total. The number of carbonyl (C=O) groups excluding carboxylic acids is 1. The van der Waals surface area contributed by atoms with Crippen LogP contribution in [-0.2, 0) is 11.3 Å². The molecule has 1 aromatic rings. The minimum absolute atomic E-state index is 0.135. The van der Waals surface area contributed by atoms with Gasteiger partial charge in [-0.2, -0.15) is 0 Å². The van der Waals surface area contributed by atoms with E-state index in [0.717, 1.165) is 36.9 Å². The van der Waals surface area contributed by atoms with E-state index in [-0.39, 0.29) is 5.91 Å². The van der Waals surface area contributed by atoms with Crippen LogP contribution < -0.4 is 10.6 Å². The summed E-state index contributed by atoms with van der Waals surface area (Å²) >= 11 is 1.39. The van der Waals surface area contributed by atoms with E-state index >= 15 is 0 Å². The van der Waals surface area contributed by atoms with Crippen LogP contribution in [0.1, 0.15) is 19.0 Å². The molecule has 1 aliphatic heterocycles. The second kappa shape index (κ2) is 5.92. The summed E-state index contributed by atoms with van der Waals surface area (Å²) in [6, 6.07) is 0. The Morgan fingerprint density at radius 1 is 1.53 bits per heavy atom. The first kappa shape index (κ1) is 12.3. The molecule has 2 N–H and O–H groups in total. The van der Waals surface area contributed by atoms with Gasteiger partial charge in [0.05, 0.1) is 0 Å². The number of hydrogen-bond acceptors (Lipinski definition) is 6. The van der Waals surface area contributed by atoms with Crippen molar-refractivity contribution in [2.75, 3.05) is 31.5 Å². The largest absolute Gasteiger partial charge is 0.374 e. The predicted molar refractivity (Wildman–Crippen MR) is 67.0 cm³/mol. The quantitative estimate of drug-likeness (QED) is 0.809. The molecule has 17 heavy (non-hydrogen) atoms. The highest BCUT2D eigenvalue weighted by atomic mass is 32.1. The van der Waals surface area contributed by atoms with Gasteiger partial charge in [-0.25, -0.2) is 0 Å². The van der Waals surface area contributed by atoms with E-state index in [9.17, 15) is 4.79 Å². The SMILES string of the molecule is CCNc1snnc1CN1CCNC(=O)CC1. The first-order valence-electron chi connectivity index (χ1n) is 5.83. The van der Waals surface area contributed by atoms with E-state index in [1.165, 1.54) is 11.5 Å². The second-order valence-electron chi connectivity index (χ2n) is 3.96. The van der Waals surface area contributed by atoms with Gasteiger partial charge >= 0.3 is 0 Å². The third kappa shape index (κ3) is 3.37. The van der Waals surface area contributed by atoms with E-state index in [4.69, 9.17) is 0 Å². The molecule has 0 bridgehead atoms. The maximum atomic E-state index is 11.2. The van der Waals surface area contributed by atoms with E-state index in [1.54, 1.807) is 0 Å². The van der Waals surface area contributed by atoms with Gasteiger partial charge < -0.3 is 10.6 Å². The van der Waals surface area contributed by atoms with Crippen LogP contribution in [-0.4, -0.2) is 46.6 Å². The van der Waals surface area contributed by atoms with Crippen molar-refractivity contribution < 1.29 is 4.79 Å². The monoisotopic (exact) mass is 255 g/mol. The van der Waals surface area contributed by atoms with Crippen LogP contribution in [0.4, 0.5) is 5.00 Å². The van der Waals surface area contributed by atoms with E-state index < -0.39 is 0 Å². The number of hydrogen-bond donors (Lipinski definition) is 2. The van der Waals surface area contributed by atoms with Crippen molar-refractivity contribution >= 4 is 22.4 Å². The molecule has 1 aromatic heterocycles. The molecule has 0 radical (unpaired) electrons. The molecule has 2 rings (SSSR count). The van der Waals surface area contributed by atoms with Gasteiger partial charge in [-0.15, -0.1) is 5.10 Å². The van der Waals surface area contributed by atoms with Gasteiger partial charge in [-0.3, -0.25) is 9.69 Å². The lowest BCUT2D eigenvalue weighted by molar-refractivity contribution is -0.120. The third-order valence-corrected chi connectivity index (χ3v) is 3.40. The van der Waals surface area contributed by atoms with Gasteiger partial charge in [0.25, 0.3) is 0 Å². The van der Waals surface area contributed by atoms with Gasteiger partial charge in [0, 0.05) is 50.7 Å². The summed E-state index contributed by atoms with van der Waals surface area (Å²) < 4.78 is 3.96. The number of aromatic nitrogens is 2. The molecular formula is C10H17N5OS. The normalized spacial score (nSPS) is 17.6. The van der Waals surface area contributed by atoms with Crippen molar-refractivity contribution in [3.05, 3.63) is 5.69 Å². The number of amides is 1. The zero-order valence-corrected chi connectivity index (χ0v) is 10.7. The van der Waals surface area contributed by atoms with Crippen LogP contribution in [0, 0.1) is 0 Å². The Morgan fingerprint density at radius 3 is 3.24 bits per heavy atom. The summed E-state index contributed by atoms with van der Waals surface area (Å²) in [6.45, 7) is 6.05. The van der Waals surface area contributed by atoms with E-state index in [0.29, 0.717) is 13.0 Å². The maximum absolute atomic E-state index is 11.2. The van der Waals surface area contributed by atoms with Gasteiger partial charge in [0.2, 0.25) is 5.91 Å². The minimum Gasteiger partial charge on any atom is -0.374 e. The minimum atomic E-state index is 0.135. The summed E-state index contributed by atoms with van der Waals surface area (Å²) in [5.74, 6) is 0.135. The Balaban J connectivity index is 1.94. The topological polar surface area (TPSA) is 70.2 Å². The highest BCUT2D eigenvalue weighted by Crippen LogP contribution is 2.19. The lowest BCUT2D eigenvalue weighted by atomic mass is 10.3. The Hall–Kier alpha value is -1.21. The molecule has 0 unspecified atom stereocenters. The zero-order valence-electron chi connectivity index (χ0n) is 9.90.